The van der Waals surface area contributed by atoms with E-state index in [9.17, 15) is 4.39 Å². The average Bonchev–Trinajstić information content (AvgIpc) is 2.79. The molecule has 0 amide bonds. The monoisotopic (exact) mass is 270 g/mol. The van der Waals surface area contributed by atoms with Crippen LogP contribution in [-0.4, -0.2) is 11.5 Å². The molecule has 0 saturated carbocycles. The van der Waals surface area contributed by atoms with Gasteiger partial charge in [0.25, 0.3) is 0 Å². The number of nitrogens with zero attached hydrogens (tertiary/aromatic N) is 1. The molecule has 17 heavy (non-hydrogen) atoms. The van der Waals surface area contributed by atoms with E-state index in [-0.39, 0.29) is 5.02 Å². The third-order valence-electron chi connectivity index (χ3n) is 2.25. The first-order valence-electron chi connectivity index (χ1n) is 5.35. The molecule has 2 aromatic rings. The summed E-state index contributed by atoms with van der Waals surface area (Å²) in [6.45, 7) is 3.00. The van der Waals surface area contributed by atoms with Crippen molar-refractivity contribution in [2.75, 3.05) is 11.9 Å². The van der Waals surface area contributed by atoms with Crippen molar-refractivity contribution >= 4 is 28.1 Å². The summed E-state index contributed by atoms with van der Waals surface area (Å²) >= 11 is 7.27. The molecule has 0 unspecified atom stereocenters. The van der Waals surface area contributed by atoms with Gasteiger partial charge in [0.15, 0.2) is 5.13 Å². The first-order valence-corrected chi connectivity index (χ1v) is 6.61. The van der Waals surface area contributed by atoms with Crippen molar-refractivity contribution in [2.45, 2.75) is 13.3 Å². The number of hydrogen-bond donors (Lipinski definition) is 1. The molecule has 0 aliphatic carbocycles. The van der Waals surface area contributed by atoms with Crippen molar-refractivity contribution in [3.63, 3.8) is 0 Å². The summed E-state index contributed by atoms with van der Waals surface area (Å²) < 4.78 is 13.0. The Hall–Kier alpha value is -1.13. The predicted molar refractivity (Wildman–Crippen MR) is 71.3 cm³/mol. The molecule has 1 heterocycles. The van der Waals surface area contributed by atoms with Crippen LogP contribution >= 0.6 is 22.9 Å². The molecule has 0 spiro atoms. The number of halogens is 2. The Morgan fingerprint density at radius 1 is 1.47 bits per heavy atom. The molecule has 2 rings (SSSR count). The van der Waals surface area contributed by atoms with E-state index < -0.39 is 5.82 Å². The highest BCUT2D eigenvalue weighted by molar-refractivity contribution is 7.14. The molecular weight excluding hydrogens is 259 g/mol. The number of thiazole rings is 1. The third-order valence-corrected chi connectivity index (χ3v) is 3.34. The highest BCUT2D eigenvalue weighted by Gasteiger charge is 2.06. The Bertz CT molecular complexity index is 513. The van der Waals surface area contributed by atoms with Crippen LogP contribution in [0.5, 0.6) is 0 Å². The minimum absolute atomic E-state index is 0.124. The molecule has 90 valence electrons. The van der Waals surface area contributed by atoms with Crippen LogP contribution in [-0.2, 0) is 0 Å². The normalized spacial score (nSPS) is 10.5. The number of benzene rings is 1. The average molecular weight is 271 g/mol. The van der Waals surface area contributed by atoms with Crippen LogP contribution in [0, 0.1) is 5.82 Å². The number of anilines is 1. The van der Waals surface area contributed by atoms with Gasteiger partial charge in [0.2, 0.25) is 0 Å². The van der Waals surface area contributed by atoms with Gasteiger partial charge >= 0.3 is 0 Å². The van der Waals surface area contributed by atoms with Crippen molar-refractivity contribution in [3.8, 4) is 11.3 Å². The van der Waals surface area contributed by atoms with E-state index in [1.54, 1.807) is 12.1 Å². The van der Waals surface area contributed by atoms with Gasteiger partial charge in [0.05, 0.1) is 10.7 Å². The van der Waals surface area contributed by atoms with Crippen LogP contribution in [0.15, 0.2) is 23.6 Å². The van der Waals surface area contributed by atoms with Gasteiger partial charge in [-0.05, 0) is 24.6 Å². The van der Waals surface area contributed by atoms with Gasteiger partial charge in [-0.2, -0.15) is 0 Å². The van der Waals surface area contributed by atoms with E-state index in [4.69, 9.17) is 11.6 Å². The summed E-state index contributed by atoms with van der Waals surface area (Å²) in [6.07, 6.45) is 1.05. The van der Waals surface area contributed by atoms with E-state index in [1.807, 2.05) is 5.38 Å². The molecule has 2 nitrogen and oxygen atoms in total. The first kappa shape index (κ1) is 12.3. The predicted octanol–water partition coefficient (Wildman–Crippen LogP) is 4.42. The lowest BCUT2D eigenvalue weighted by molar-refractivity contribution is 0.628. The molecule has 1 aromatic heterocycles. The number of nitrogens with one attached hydrogen (secondary N) is 1. The zero-order valence-electron chi connectivity index (χ0n) is 9.34. The summed E-state index contributed by atoms with van der Waals surface area (Å²) in [5.74, 6) is -0.407. The largest absolute Gasteiger partial charge is 0.362 e. The molecule has 0 bridgehead atoms. The number of aromatic nitrogens is 1. The molecule has 0 fully saturated rings. The summed E-state index contributed by atoms with van der Waals surface area (Å²) in [4.78, 5) is 4.42. The van der Waals surface area contributed by atoms with Gasteiger partial charge in [-0.25, -0.2) is 9.37 Å². The van der Waals surface area contributed by atoms with E-state index in [0.717, 1.165) is 29.4 Å². The van der Waals surface area contributed by atoms with Crippen molar-refractivity contribution in [1.29, 1.82) is 0 Å². The molecule has 1 aromatic carbocycles. The molecule has 0 aliphatic rings. The second-order valence-electron chi connectivity index (χ2n) is 3.59. The molecule has 0 radical (unpaired) electrons. The van der Waals surface area contributed by atoms with E-state index in [0.29, 0.717) is 0 Å². The van der Waals surface area contributed by atoms with Gasteiger partial charge in [-0.1, -0.05) is 18.5 Å². The number of hydrogen-bond acceptors (Lipinski definition) is 3. The van der Waals surface area contributed by atoms with Crippen LogP contribution in [0.4, 0.5) is 9.52 Å². The first-order chi connectivity index (χ1) is 8.20. The van der Waals surface area contributed by atoms with Crippen LogP contribution in [0.1, 0.15) is 13.3 Å². The van der Waals surface area contributed by atoms with Crippen LogP contribution in [0.25, 0.3) is 11.3 Å². The summed E-state index contributed by atoms with van der Waals surface area (Å²) in [5.41, 5.74) is 1.65. The van der Waals surface area contributed by atoms with Crippen molar-refractivity contribution in [3.05, 3.63) is 34.4 Å². The lowest BCUT2D eigenvalue weighted by Crippen LogP contribution is -1.98. The van der Waals surface area contributed by atoms with Gasteiger partial charge in [0.1, 0.15) is 5.82 Å². The van der Waals surface area contributed by atoms with Gasteiger partial charge in [-0.3, -0.25) is 0 Å². The maximum absolute atomic E-state index is 13.0. The smallest absolute Gasteiger partial charge is 0.183 e. The molecule has 1 N–H and O–H groups in total. The summed E-state index contributed by atoms with van der Waals surface area (Å²) in [7, 11) is 0. The third kappa shape index (κ3) is 2.96. The van der Waals surface area contributed by atoms with Gasteiger partial charge in [0, 0.05) is 17.5 Å². The summed E-state index contributed by atoms with van der Waals surface area (Å²) in [6, 6.07) is 4.63. The number of rotatable bonds is 4. The molecule has 0 atom stereocenters. The minimum Gasteiger partial charge on any atom is -0.362 e. The lowest BCUT2D eigenvalue weighted by Gasteiger charge is -1.99. The summed E-state index contributed by atoms with van der Waals surface area (Å²) in [5, 5.41) is 6.14. The quantitative estimate of drug-likeness (QED) is 0.889. The standard InChI is InChI=1S/C12H12ClFN2S/c1-2-5-15-12-16-11(7-17-12)8-3-4-10(14)9(13)6-8/h3-4,6-7H,2,5H2,1H3,(H,15,16). The zero-order chi connectivity index (χ0) is 12.3. The van der Waals surface area contributed by atoms with E-state index >= 15 is 0 Å². The topological polar surface area (TPSA) is 24.9 Å². The fourth-order valence-electron chi connectivity index (χ4n) is 1.37. The molecule has 0 saturated heterocycles. The van der Waals surface area contributed by atoms with Crippen LogP contribution in [0.3, 0.4) is 0 Å². The lowest BCUT2D eigenvalue weighted by atomic mass is 10.2. The fraction of sp³-hybridized carbons (Fsp3) is 0.250. The Balaban J connectivity index is 2.21. The Morgan fingerprint density at radius 2 is 2.29 bits per heavy atom. The maximum atomic E-state index is 13.0. The minimum atomic E-state index is -0.407. The van der Waals surface area contributed by atoms with Crippen molar-refractivity contribution in [2.24, 2.45) is 0 Å². The second kappa shape index (κ2) is 5.47. The highest BCUT2D eigenvalue weighted by Crippen LogP contribution is 2.27. The molecule has 5 heteroatoms. The molecule has 0 aliphatic heterocycles. The van der Waals surface area contributed by atoms with Gasteiger partial charge in [-0.15, -0.1) is 11.3 Å². The Morgan fingerprint density at radius 3 is 3.00 bits per heavy atom. The SMILES string of the molecule is CCCNc1nc(-c2ccc(F)c(Cl)c2)cs1. The van der Waals surface area contributed by atoms with Crippen molar-refractivity contribution < 1.29 is 4.39 Å². The maximum Gasteiger partial charge on any atom is 0.183 e. The zero-order valence-corrected chi connectivity index (χ0v) is 10.9. The van der Waals surface area contributed by atoms with Crippen LogP contribution < -0.4 is 5.32 Å². The Kier molecular flexibility index (Phi) is 3.97. The fourth-order valence-corrected chi connectivity index (χ4v) is 2.30. The van der Waals surface area contributed by atoms with E-state index in [1.165, 1.54) is 17.4 Å². The van der Waals surface area contributed by atoms with Gasteiger partial charge < -0.3 is 5.32 Å². The molecular formula is C12H12ClFN2S. The highest BCUT2D eigenvalue weighted by atomic mass is 35.5. The Labute approximate surface area is 108 Å². The van der Waals surface area contributed by atoms with Crippen LogP contribution in [0.2, 0.25) is 5.02 Å². The van der Waals surface area contributed by atoms with Crippen molar-refractivity contribution in [1.82, 2.24) is 4.98 Å². The second-order valence-corrected chi connectivity index (χ2v) is 4.86. The van der Waals surface area contributed by atoms with E-state index in [2.05, 4.69) is 17.2 Å².